The van der Waals surface area contributed by atoms with Gasteiger partial charge in [0.1, 0.15) is 0 Å². The minimum absolute atomic E-state index is 0.154. The molecule has 3 rings (SSSR count). The summed E-state index contributed by atoms with van der Waals surface area (Å²) in [7, 11) is 0. The molecule has 1 N–H and O–H groups in total. The highest BCUT2D eigenvalue weighted by molar-refractivity contribution is 9.10. The number of hydrogen-bond acceptors (Lipinski definition) is 4. The number of rotatable bonds is 5. The number of benzene rings is 2. The number of hydrogen-bond donors (Lipinski definition) is 1. The second-order valence-electron chi connectivity index (χ2n) is 4.91. The Hall–Kier alpha value is -2.21. The molecule has 22 heavy (non-hydrogen) atoms. The molecule has 0 unspecified atom stereocenters. The van der Waals surface area contributed by atoms with E-state index >= 15 is 0 Å². The molecule has 0 aliphatic heterocycles. The van der Waals surface area contributed by atoms with E-state index in [0.717, 1.165) is 16.6 Å². The number of tetrazole rings is 1. The van der Waals surface area contributed by atoms with Gasteiger partial charge < -0.3 is 5.32 Å². The van der Waals surface area contributed by atoms with Gasteiger partial charge in [-0.3, -0.25) is 0 Å². The van der Waals surface area contributed by atoms with E-state index in [0.29, 0.717) is 5.95 Å². The van der Waals surface area contributed by atoms with Gasteiger partial charge in [-0.1, -0.05) is 58.3 Å². The van der Waals surface area contributed by atoms with Gasteiger partial charge in [-0.15, -0.1) is 0 Å². The van der Waals surface area contributed by atoms with Crippen LogP contribution in [0.2, 0.25) is 0 Å². The van der Waals surface area contributed by atoms with Gasteiger partial charge in [0.15, 0.2) is 0 Å². The zero-order valence-electron chi connectivity index (χ0n) is 12.1. The molecule has 0 aliphatic carbocycles. The monoisotopic (exact) mass is 357 g/mol. The van der Waals surface area contributed by atoms with Crippen LogP contribution < -0.4 is 5.32 Å². The lowest BCUT2D eigenvalue weighted by Gasteiger charge is -2.18. The lowest BCUT2D eigenvalue weighted by molar-refractivity contribution is 0.725. The van der Waals surface area contributed by atoms with Gasteiger partial charge in [-0.25, -0.2) is 0 Å². The van der Waals surface area contributed by atoms with Crippen molar-refractivity contribution in [2.45, 2.75) is 19.4 Å². The number of nitrogens with one attached hydrogen (secondary N) is 1. The highest BCUT2D eigenvalue weighted by Crippen LogP contribution is 2.23. The zero-order valence-corrected chi connectivity index (χ0v) is 13.7. The molecular weight excluding hydrogens is 342 g/mol. The van der Waals surface area contributed by atoms with Crippen LogP contribution in [0.1, 0.15) is 24.9 Å². The van der Waals surface area contributed by atoms with E-state index in [2.05, 4.69) is 55.8 Å². The van der Waals surface area contributed by atoms with E-state index in [1.807, 2.05) is 42.5 Å². The molecule has 0 bridgehead atoms. The molecule has 5 nitrogen and oxygen atoms in total. The number of para-hydroxylation sites is 1. The maximum Gasteiger partial charge on any atom is 0.248 e. The largest absolute Gasteiger partial charge is 0.346 e. The van der Waals surface area contributed by atoms with Crippen molar-refractivity contribution in [1.82, 2.24) is 20.2 Å². The summed E-state index contributed by atoms with van der Waals surface area (Å²) >= 11 is 3.46. The molecule has 0 aliphatic rings. The van der Waals surface area contributed by atoms with Crippen molar-refractivity contribution in [1.29, 1.82) is 0 Å². The Kier molecular flexibility index (Phi) is 4.48. The molecule has 112 valence electrons. The summed E-state index contributed by atoms with van der Waals surface area (Å²) in [5.41, 5.74) is 2.13. The van der Waals surface area contributed by atoms with Crippen molar-refractivity contribution in [2.75, 3.05) is 5.32 Å². The van der Waals surface area contributed by atoms with Crippen molar-refractivity contribution < 1.29 is 0 Å². The summed E-state index contributed by atoms with van der Waals surface area (Å²) < 4.78 is 2.78. The van der Waals surface area contributed by atoms with Gasteiger partial charge >= 0.3 is 0 Å². The van der Waals surface area contributed by atoms with E-state index in [4.69, 9.17) is 0 Å². The van der Waals surface area contributed by atoms with Gasteiger partial charge in [0.2, 0.25) is 5.95 Å². The van der Waals surface area contributed by atoms with Gasteiger partial charge in [0, 0.05) is 4.47 Å². The summed E-state index contributed by atoms with van der Waals surface area (Å²) in [6.45, 7) is 2.14. The molecule has 2 aromatic carbocycles. The highest BCUT2D eigenvalue weighted by atomic mass is 79.9. The molecule has 0 saturated carbocycles. The average Bonchev–Trinajstić information content (AvgIpc) is 3.02. The smallest absolute Gasteiger partial charge is 0.248 e. The molecule has 0 radical (unpaired) electrons. The van der Waals surface area contributed by atoms with Gasteiger partial charge in [-0.05, 0) is 46.7 Å². The predicted molar refractivity (Wildman–Crippen MR) is 90.0 cm³/mol. The van der Waals surface area contributed by atoms with E-state index in [1.54, 1.807) is 4.68 Å². The summed E-state index contributed by atoms with van der Waals surface area (Å²) in [6.07, 6.45) is 0.934. The normalized spacial score (nSPS) is 12.1. The first kappa shape index (κ1) is 14.7. The van der Waals surface area contributed by atoms with Crippen LogP contribution in [-0.4, -0.2) is 20.2 Å². The molecule has 0 saturated heterocycles. The number of halogens is 1. The lowest BCUT2D eigenvalue weighted by Crippen LogP contribution is -2.14. The third kappa shape index (κ3) is 3.17. The quantitative estimate of drug-likeness (QED) is 0.749. The Labute approximate surface area is 137 Å². The second-order valence-corrected chi connectivity index (χ2v) is 5.82. The Morgan fingerprint density at radius 2 is 1.82 bits per heavy atom. The maximum atomic E-state index is 4.10. The summed E-state index contributed by atoms with van der Waals surface area (Å²) in [5.74, 6) is 0.640. The van der Waals surface area contributed by atoms with Crippen LogP contribution in [0.4, 0.5) is 5.95 Å². The summed E-state index contributed by atoms with van der Waals surface area (Å²) in [5, 5.41) is 15.4. The van der Waals surface area contributed by atoms with Crippen LogP contribution in [0.3, 0.4) is 0 Å². The minimum Gasteiger partial charge on any atom is -0.346 e. The topological polar surface area (TPSA) is 55.6 Å². The molecule has 6 heteroatoms. The first-order valence-corrected chi connectivity index (χ1v) is 7.93. The van der Waals surface area contributed by atoms with E-state index in [9.17, 15) is 0 Å². The zero-order chi connectivity index (χ0) is 15.4. The molecule has 1 heterocycles. The fraction of sp³-hybridized carbons (Fsp3) is 0.188. The van der Waals surface area contributed by atoms with Crippen LogP contribution in [-0.2, 0) is 0 Å². The molecule has 0 spiro atoms. The maximum absolute atomic E-state index is 4.10. The lowest BCUT2D eigenvalue weighted by atomic mass is 10.1. The van der Waals surface area contributed by atoms with E-state index in [-0.39, 0.29) is 6.04 Å². The molecule has 0 fully saturated rings. The van der Waals surface area contributed by atoms with Crippen molar-refractivity contribution in [3.63, 3.8) is 0 Å². The molecular formula is C16H16BrN5. The Balaban J connectivity index is 1.86. The fourth-order valence-corrected chi connectivity index (χ4v) is 2.56. The van der Waals surface area contributed by atoms with E-state index in [1.165, 1.54) is 5.56 Å². The SMILES string of the molecule is CC[C@@H](Nc1nnnn1-c1ccccc1)c1ccc(Br)cc1. The minimum atomic E-state index is 0.154. The van der Waals surface area contributed by atoms with Crippen LogP contribution in [0.15, 0.2) is 59.1 Å². The number of aromatic nitrogens is 4. The van der Waals surface area contributed by atoms with Gasteiger partial charge in [0.05, 0.1) is 11.7 Å². The molecule has 1 aromatic heterocycles. The van der Waals surface area contributed by atoms with E-state index < -0.39 is 0 Å². The first-order valence-electron chi connectivity index (χ1n) is 7.13. The van der Waals surface area contributed by atoms with Gasteiger partial charge in [-0.2, -0.15) is 4.68 Å². The standard InChI is InChI=1S/C16H16BrN5/c1-2-15(12-8-10-13(17)11-9-12)18-16-19-20-21-22(16)14-6-4-3-5-7-14/h3-11,15H,2H2,1H3,(H,18,19,21)/t15-/m1/s1. The summed E-state index contributed by atoms with van der Waals surface area (Å²) in [4.78, 5) is 0. The highest BCUT2D eigenvalue weighted by Gasteiger charge is 2.14. The Bertz CT molecular complexity index is 724. The van der Waals surface area contributed by atoms with Crippen molar-refractivity contribution in [3.8, 4) is 5.69 Å². The summed E-state index contributed by atoms with van der Waals surface area (Å²) in [6, 6.07) is 18.3. The predicted octanol–water partition coefficient (Wildman–Crippen LogP) is 3.99. The first-order chi connectivity index (χ1) is 10.8. The molecule has 1 atom stereocenters. The Morgan fingerprint density at radius 1 is 1.09 bits per heavy atom. The van der Waals surface area contributed by atoms with Crippen LogP contribution in [0.5, 0.6) is 0 Å². The van der Waals surface area contributed by atoms with Crippen LogP contribution in [0, 0.1) is 0 Å². The number of anilines is 1. The second kappa shape index (κ2) is 6.70. The molecule has 0 amide bonds. The van der Waals surface area contributed by atoms with Crippen molar-refractivity contribution in [3.05, 3.63) is 64.6 Å². The van der Waals surface area contributed by atoms with Crippen molar-refractivity contribution >= 4 is 21.9 Å². The van der Waals surface area contributed by atoms with Crippen molar-refractivity contribution in [2.24, 2.45) is 0 Å². The number of nitrogens with zero attached hydrogens (tertiary/aromatic N) is 4. The average molecular weight is 358 g/mol. The molecule has 3 aromatic rings. The van der Waals surface area contributed by atoms with Crippen LogP contribution in [0.25, 0.3) is 5.69 Å². The third-order valence-electron chi connectivity index (χ3n) is 3.45. The van der Waals surface area contributed by atoms with Gasteiger partial charge in [0.25, 0.3) is 0 Å². The fourth-order valence-electron chi connectivity index (χ4n) is 2.29. The Morgan fingerprint density at radius 3 is 2.50 bits per heavy atom. The van der Waals surface area contributed by atoms with Crippen LogP contribution >= 0.6 is 15.9 Å². The third-order valence-corrected chi connectivity index (χ3v) is 3.98.